The smallest absolute Gasteiger partial charge is 0.0411 e. The largest absolute Gasteiger partial charge is 0.367 e. The molecule has 1 aliphatic heterocycles. The lowest BCUT2D eigenvalue weighted by Crippen LogP contribution is -2.40. The van der Waals surface area contributed by atoms with Gasteiger partial charge in [0.15, 0.2) is 0 Å². The summed E-state index contributed by atoms with van der Waals surface area (Å²) in [5.41, 5.74) is 6.36. The summed E-state index contributed by atoms with van der Waals surface area (Å²) in [5.74, 6) is 0.544. The summed E-state index contributed by atoms with van der Waals surface area (Å²) >= 11 is 3.52. The van der Waals surface area contributed by atoms with E-state index in [1.807, 2.05) is 0 Å². The maximum Gasteiger partial charge on any atom is 0.0411 e. The van der Waals surface area contributed by atoms with Gasteiger partial charge in [0, 0.05) is 29.0 Å². The van der Waals surface area contributed by atoms with Gasteiger partial charge >= 0.3 is 0 Å². The summed E-state index contributed by atoms with van der Waals surface area (Å²) in [7, 11) is 0. The van der Waals surface area contributed by atoms with Crippen molar-refractivity contribution in [3.05, 3.63) is 47.7 Å². The molecule has 132 valence electrons. The Bertz CT molecular complexity index is 585. The van der Waals surface area contributed by atoms with Crippen molar-refractivity contribution in [2.24, 2.45) is 5.92 Å². The summed E-state index contributed by atoms with van der Waals surface area (Å²) in [6, 6.07) is 9.39. The average Bonchev–Trinajstić information content (AvgIpc) is 2.77. The molecular weight excluding hydrogens is 358 g/mol. The minimum atomic E-state index is 0.0395. The molecule has 2 heteroatoms. The second kappa shape index (κ2) is 8.92. The van der Waals surface area contributed by atoms with E-state index in [2.05, 4.69) is 90.7 Å². The van der Waals surface area contributed by atoms with E-state index in [0.717, 1.165) is 11.9 Å². The molecule has 2 atom stereocenters. The highest BCUT2D eigenvalue weighted by Crippen LogP contribution is 2.46. The number of fused-ring (bicyclic) bond motifs is 1. The van der Waals surface area contributed by atoms with E-state index in [4.69, 9.17) is 0 Å². The quantitative estimate of drug-likeness (QED) is 0.279. The van der Waals surface area contributed by atoms with Crippen molar-refractivity contribution in [2.75, 3.05) is 16.8 Å². The Hall–Kier alpha value is -0.980. The molecule has 1 nitrogen and oxygen atoms in total. The van der Waals surface area contributed by atoms with E-state index in [0.29, 0.717) is 12.0 Å². The molecule has 0 aromatic heterocycles. The van der Waals surface area contributed by atoms with Crippen LogP contribution in [-0.4, -0.2) is 17.9 Å². The first-order chi connectivity index (χ1) is 11.5. The lowest BCUT2D eigenvalue weighted by Gasteiger charge is -2.32. The number of halogens is 1. The number of hydrogen-bond donors (Lipinski definition) is 0. The SMILES string of the molecule is CC(C)C=C=CC1(C)c2ccccc2N(CCCCCCBr)C1C. The Morgan fingerprint density at radius 1 is 1.21 bits per heavy atom. The Kier molecular flexibility index (Phi) is 7.19. The van der Waals surface area contributed by atoms with Gasteiger partial charge in [0.25, 0.3) is 0 Å². The third-order valence-electron chi connectivity index (χ3n) is 5.22. The minimum absolute atomic E-state index is 0.0395. The summed E-state index contributed by atoms with van der Waals surface area (Å²) in [4.78, 5) is 2.61. The number of anilines is 1. The van der Waals surface area contributed by atoms with Crippen LogP contribution in [0.25, 0.3) is 0 Å². The van der Waals surface area contributed by atoms with E-state index in [1.165, 1.54) is 36.9 Å². The van der Waals surface area contributed by atoms with Gasteiger partial charge in [-0.1, -0.05) is 60.8 Å². The molecule has 1 aromatic rings. The minimum Gasteiger partial charge on any atom is -0.367 e. The van der Waals surface area contributed by atoms with Gasteiger partial charge in [-0.25, -0.2) is 0 Å². The molecule has 1 aromatic carbocycles. The molecule has 0 saturated carbocycles. The molecule has 0 fully saturated rings. The van der Waals surface area contributed by atoms with Crippen LogP contribution in [-0.2, 0) is 5.41 Å². The first kappa shape index (κ1) is 19.3. The molecule has 0 radical (unpaired) electrons. The van der Waals surface area contributed by atoms with E-state index in [9.17, 15) is 0 Å². The molecule has 2 rings (SSSR count). The van der Waals surface area contributed by atoms with E-state index >= 15 is 0 Å². The zero-order valence-corrected chi connectivity index (χ0v) is 17.3. The predicted octanol–water partition coefficient (Wildman–Crippen LogP) is 6.48. The van der Waals surface area contributed by atoms with Gasteiger partial charge in [0.05, 0.1) is 0 Å². The van der Waals surface area contributed by atoms with E-state index < -0.39 is 0 Å². The third-order valence-corrected chi connectivity index (χ3v) is 5.79. The van der Waals surface area contributed by atoms with Crippen LogP contribution < -0.4 is 4.90 Å². The van der Waals surface area contributed by atoms with Crippen molar-refractivity contribution >= 4 is 21.6 Å². The highest BCUT2D eigenvalue weighted by atomic mass is 79.9. The van der Waals surface area contributed by atoms with Gasteiger partial charge in [0.1, 0.15) is 0 Å². The van der Waals surface area contributed by atoms with Crippen LogP contribution in [0.15, 0.2) is 42.1 Å². The number of hydrogen-bond acceptors (Lipinski definition) is 1. The van der Waals surface area contributed by atoms with Crippen molar-refractivity contribution < 1.29 is 0 Å². The maximum absolute atomic E-state index is 3.52. The van der Waals surface area contributed by atoms with Gasteiger partial charge in [-0.15, -0.1) is 5.73 Å². The molecule has 2 unspecified atom stereocenters. The number of alkyl halides is 1. The van der Waals surface area contributed by atoms with Gasteiger partial charge in [-0.2, -0.15) is 0 Å². The van der Waals surface area contributed by atoms with Crippen LogP contribution in [0.3, 0.4) is 0 Å². The first-order valence-electron chi connectivity index (χ1n) is 9.36. The third kappa shape index (κ3) is 4.35. The standard InChI is InChI=1S/C22H32BrN/c1-18(2)12-11-15-22(4)19(3)24(17-10-6-5-9-16-23)21-14-8-7-13-20(21)22/h7-8,12-15,18-19H,5-6,9-10,16-17H2,1-4H3. The average molecular weight is 390 g/mol. The normalized spacial score (nSPS) is 22.4. The van der Waals surface area contributed by atoms with E-state index in [1.54, 1.807) is 0 Å². The fourth-order valence-electron chi connectivity index (χ4n) is 3.59. The Morgan fingerprint density at radius 3 is 2.62 bits per heavy atom. The molecule has 0 N–H and O–H groups in total. The topological polar surface area (TPSA) is 3.24 Å². The Balaban J connectivity index is 2.19. The second-order valence-electron chi connectivity index (χ2n) is 7.49. The zero-order valence-electron chi connectivity index (χ0n) is 15.7. The maximum atomic E-state index is 3.52. The first-order valence-corrected chi connectivity index (χ1v) is 10.5. The van der Waals surface area contributed by atoms with Crippen molar-refractivity contribution in [1.29, 1.82) is 0 Å². The van der Waals surface area contributed by atoms with Gasteiger partial charge in [0.2, 0.25) is 0 Å². The monoisotopic (exact) mass is 389 g/mol. The summed E-state index contributed by atoms with van der Waals surface area (Å²) in [6.07, 6.45) is 9.66. The molecule has 0 aliphatic carbocycles. The fourth-order valence-corrected chi connectivity index (χ4v) is 3.99. The highest BCUT2D eigenvalue weighted by Gasteiger charge is 2.43. The molecule has 0 spiro atoms. The number of benzene rings is 1. The van der Waals surface area contributed by atoms with Crippen LogP contribution in [0.2, 0.25) is 0 Å². The number of para-hydroxylation sites is 1. The van der Waals surface area contributed by atoms with Crippen LogP contribution in [0.1, 0.15) is 58.9 Å². The summed E-state index contributed by atoms with van der Waals surface area (Å²) in [5, 5.41) is 1.13. The van der Waals surface area contributed by atoms with Crippen LogP contribution in [0.5, 0.6) is 0 Å². The zero-order chi connectivity index (χ0) is 17.6. The lowest BCUT2D eigenvalue weighted by atomic mass is 9.79. The summed E-state index contributed by atoms with van der Waals surface area (Å²) in [6.45, 7) is 10.3. The van der Waals surface area contributed by atoms with Gasteiger partial charge < -0.3 is 4.90 Å². The summed E-state index contributed by atoms with van der Waals surface area (Å²) < 4.78 is 0. The Labute approximate surface area is 157 Å². The van der Waals surface area contributed by atoms with Gasteiger partial charge in [-0.05, 0) is 56.4 Å². The number of nitrogens with zero attached hydrogens (tertiary/aromatic N) is 1. The van der Waals surface area contributed by atoms with Crippen molar-refractivity contribution in [2.45, 2.75) is 64.8 Å². The highest BCUT2D eigenvalue weighted by molar-refractivity contribution is 9.09. The lowest BCUT2D eigenvalue weighted by molar-refractivity contribution is 0.482. The number of unbranched alkanes of at least 4 members (excludes halogenated alkanes) is 3. The second-order valence-corrected chi connectivity index (χ2v) is 8.29. The molecule has 0 amide bonds. The van der Waals surface area contributed by atoms with Crippen molar-refractivity contribution in [3.63, 3.8) is 0 Å². The molecular formula is C22H32BrN. The molecule has 1 heterocycles. The van der Waals surface area contributed by atoms with Crippen LogP contribution in [0, 0.1) is 5.92 Å². The van der Waals surface area contributed by atoms with Crippen LogP contribution >= 0.6 is 15.9 Å². The van der Waals surface area contributed by atoms with Crippen molar-refractivity contribution in [1.82, 2.24) is 0 Å². The molecule has 0 saturated heterocycles. The molecule has 0 bridgehead atoms. The number of rotatable bonds is 8. The van der Waals surface area contributed by atoms with Crippen molar-refractivity contribution in [3.8, 4) is 0 Å². The molecule has 24 heavy (non-hydrogen) atoms. The van der Waals surface area contributed by atoms with Gasteiger partial charge in [-0.3, -0.25) is 0 Å². The predicted molar refractivity (Wildman–Crippen MR) is 110 cm³/mol. The van der Waals surface area contributed by atoms with E-state index in [-0.39, 0.29) is 5.41 Å². The Morgan fingerprint density at radius 2 is 1.92 bits per heavy atom. The van der Waals surface area contributed by atoms with Crippen LogP contribution in [0.4, 0.5) is 5.69 Å². The fraction of sp³-hybridized carbons (Fsp3) is 0.591. The molecule has 1 aliphatic rings.